The smallest absolute Gasteiger partial charge is 0.270 e. The number of benzene rings is 2. The lowest BCUT2D eigenvalue weighted by molar-refractivity contribution is -0.385. The summed E-state index contributed by atoms with van der Waals surface area (Å²) in [5.41, 5.74) is 1.54. The molecule has 8 heteroatoms. The number of carbonyl (C=O) groups is 1. The van der Waals surface area contributed by atoms with E-state index >= 15 is 0 Å². The van der Waals surface area contributed by atoms with Gasteiger partial charge in [-0.1, -0.05) is 6.07 Å². The third-order valence-electron chi connectivity index (χ3n) is 3.96. The fourth-order valence-electron chi connectivity index (χ4n) is 2.72. The predicted molar refractivity (Wildman–Crippen MR) is 87.8 cm³/mol. The van der Waals surface area contributed by atoms with Crippen molar-refractivity contribution in [3.05, 3.63) is 63.7 Å². The number of nitrogens with zero attached hydrogens (tertiary/aromatic N) is 2. The van der Waals surface area contributed by atoms with Crippen molar-refractivity contribution in [1.82, 2.24) is 0 Å². The first-order chi connectivity index (χ1) is 11.3. The number of ketones is 1. The Kier molecular flexibility index (Phi) is 3.84. The van der Waals surface area contributed by atoms with Crippen LogP contribution in [0.15, 0.2) is 47.4 Å². The number of carbonyl (C=O) groups excluding carboxylic acids is 1. The van der Waals surface area contributed by atoms with Gasteiger partial charge < -0.3 is 0 Å². The molecule has 0 unspecified atom stereocenters. The molecule has 1 aliphatic rings. The quantitative estimate of drug-likeness (QED) is 0.481. The van der Waals surface area contributed by atoms with Crippen LogP contribution in [0, 0.1) is 10.1 Å². The molecule has 2 aromatic carbocycles. The molecule has 0 radical (unpaired) electrons. The second-order valence-corrected chi connectivity index (χ2v) is 7.34. The van der Waals surface area contributed by atoms with Gasteiger partial charge in [0.15, 0.2) is 5.78 Å². The topological polar surface area (TPSA) is 97.6 Å². The first kappa shape index (κ1) is 16.1. The van der Waals surface area contributed by atoms with Crippen LogP contribution in [0.5, 0.6) is 0 Å². The zero-order valence-electron chi connectivity index (χ0n) is 12.8. The minimum Gasteiger partial charge on any atom is -0.295 e. The fourth-order valence-corrected chi connectivity index (χ4v) is 4.27. The van der Waals surface area contributed by atoms with Gasteiger partial charge >= 0.3 is 0 Å². The zero-order chi connectivity index (χ0) is 17.5. The van der Waals surface area contributed by atoms with Gasteiger partial charge in [-0.2, -0.15) is 0 Å². The maximum atomic E-state index is 12.8. The molecule has 0 fully saturated rings. The normalized spacial score (nSPS) is 13.6. The molecule has 7 nitrogen and oxygen atoms in total. The number of hydrogen-bond acceptors (Lipinski definition) is 5. The Morgan fingerprint density at radius 2 is 1.96 bits per heavy atom. The Hall–Kier alpha value is -2.74. The minimum atomic E-state index is -3.90. The number of rotatable bonds is 4. The van der Waals surface area contributed by atoms with Crippen molar-refractivity contribution < 1.29 is 18.1 Å². The predicted octanol–water partition coefficient (Wildman–Crippen LogP) is 2.55. The van der Waals surface area contributed by atoms with Crippen LogP contribution in [-0.2, 0) is 16.4 Å². The van der Waals surface area contributed by atoms with E-state index in [4.69, 9.17) is 0 Å². The first-order valence-corrected chi connectivity index (χ1v) is 8.66. The van der Waals surface area contributed by atoms with Gasteiger partial charge in [0.2, 0.25) is 0 Å². The van der Waals surface area contributed by atoms with Crippen LogP contribution >= 0.6 is 0 Å². The van der Waals surface area contributed by atoms with Crippen molar-refractivity contribution in [2.45, 2.75) is 18.2 Å². The highest BCUT2D eigenvalue weighted by atomic mass is 32.2. The van der Waals surface area contributed by atoms with Crippen molar-refractivity contribution in [3.8, 4) is 0 Å². The van der Waals surface area contributed by atoms with Gasteiger partial charge in [-0.25, -0.2) is 8.42 Å². The Morgan fingerprint density at radius 3 is 2.62 bits per heavy atom. The second-order valence-electron chi connectivity index (χ2n) is 5.48. The van der Waals surface area contributed by atoms with E-state index in [1.54, 1.807) is 18.2 Å². The van der Waals surface area contributed by atoms with E-state index in [-0.39, 0.29) is 22.9 Å². The fraction of sp³-hybridized carbons (Fsp3) is 0.188. The molecule has 0 saturated carbocycles. The highest BCUT2D eigenvalue weighted by Gasteiger charge is 2.32. The maximum absolute atomic E-state index is 12.8. The van der Waals surface area contributed by atoms with E-state index in [9.17, 15) is 23.3 Å². The average molecular weight is 346 g/mol. The summed E-state index contributed by atoms with van der Waals surface area (Å²) < 4.78 is 26.9. The molecule has 0 amide bonds. The monoisotopic (exact) mass is 346 g/mol. The molecule has 0 bridgehead atoms. The first-order valence-electron chi connectivity index (χ1n) is 7.22. The number of sulfonamides is 1. The Bertz CT molecular complexity index is 953. The summed E-state index contributed by atoms with van der Waals surface area (Å²) in [6, 6.07) is 9.87. The van der Waals surface area contributed by atoms with Crippen LogP contribution in [0.1, 0.15) is 22.8 Å². The van der Waals surface area contributed by atoms with E-state index in [1.165, 1.54) is 29.4 Å². The summed E-state index contributed by atoms with van der Waals surface area (Å²) in [7, 11) is -3.90. The van der Waals surface area contributed by atoms with E-state index in [2.05, 4.69) is 0 Å². The maximum Gasteiger partial charge on any atom is 0.270 e. The average Bonchev–Trinajstić information content (AvgIpc) is 2.98. The van der Waals surface area contributed by atoms with Crippen LogP contribution < -0.4 is 4.31 Å². The molecule has 0 aliphatic carbocycles. The Morgan fingerprint density at radius 1 is 1.21 bits per heavy atom. The zero-order valence-corrected chi connectivity index (χ0v) is 13.6. The molecular formula is C16H14N2O5S. The lowest BCUT2D eigenvalue weighted by Crippen LogP contribution is -2.29. The standard InChI is InChI=1S/C16H14N2O5S/c1-11(19)12-5-6-16-13(9-12)7-8-17(16)24(22,23)15-4-2-3-14(10-15)18(20)21/h2-6,9-10H,7-8H2,1H3. The molecule has 1 heterocycles. The van der Waals surface area contributed by atoms with Gasteiger partial charge in [0.1, 0.15) is 0 Å². The molecule has 2 aromatic rings. The Balaban J connectivity index is 2.03. The van der Waals surface area contributed by atoms with Crippen molar-refractivity contribution in [2.75, 3.05) is 10.8 Å². The molecule has 0 spiro atoms. The summed E-state index contributed by atoms with van der Waals surface area (Å²) in [6.45, 7) is 1.69. The van der Waals surface area contributed by atoms with Crippen molar-refractivity contribution >= 4 is 27.2 Å². The van der Waals surface area contributed by atoms with E-state index < -0.39 is 14.9 Å². The van der Waals surface area contributed by atoms with Crippen LogP contribution in [-0.4, -0.2) is 25.7 Å². The lowest BCUT2D eigenvalue weighted by Gasteiger charge is -2.19. The van der Waals surface area contributed by atoms with Crippen LogP contribution in [0.25, 0.3) is 0 Å². The SMILES string of the molecule is CC(=O)c1ccc2c(c1)CCN2S(=O)(=O)c1cccc([N+](=O)[O-])c1. The van der Waals surface area contributed by atoms with E-state index in [0.717, 1.165) is 11.6 Å². The third-order valence-corrected chi connectivity index (χ3v) is 5.76. The van der Waals surface area contributed by atoms with Gasteiger partial charge in [0.05, 0.1) is 15.5 Å². The molecular weight excluding hydrogens is 332 g/mol. The van der Waals surface area contributed by atoms with Gasteiger partial charge in [0.25, 0.3) is 15.7 Å². The van der Waals surface area contributed by atoms with E-state index in [0.29, 0.717) is 17.7 Å². The molecule has 0 saturated heterocycles. The largest absolute Gasteiger partial charge is 0.295 e. The highest BCUT2D eigenvalue weighted by Crippen LogP contribution is 2.34. The molecule has 0 aromatic heterocycles. The summed E-state index contributed by atoms with van der Waals surface area (Å²) in [6.07, 6.45) is 0.491. The number of hydrogen-bond donors (Lipinski definition) is 0. The number of nitro benzene ring substituents is 1. The van der Waals surface area contributed by atoms with Crippen LogP contribution in [0.2, 0.25) is 0 Å². The second kappa shape index (κ2) is 5.72. The molecule has 0 N–H and O–H groups in total. The highest BCUT2D eigenvalue weighted by molar-refractivity contribution is 7.92. The van der Waals surface area contributed by atoms with Crippen LogP contribution in [0.4, 0.5) is 11.4 Å². The Labute approximate surface area is 138 Å². The van der Waals surface area contributed by atoms with Crippen LogP contribution in [0.3, 0.4) is 0 Å². The third kappa shape index (κ3) is 2.65. The summed E-state index contributed by atoms with van der Waals surface area (Å²) in [4.78, 5) is 21.6. The molecule has 0 atom stereocenters. The summed E-state index contributed by atoms with van der Waals surface area (Å²) in [5, 5.41) is 10.9. The number of fused-ring (bicyclic) bond motifs is 1. The van der Waals surface area contributed by atoms with Crippen molar-refractivity contribution in [2.24, 2.45) is 0 Å². The molecule has 1 aliphatic heterocycles. The number of nitro groups is 1. The molecule has 124 valence electrons. The lowest BCUT2D eigenvalue weighted by atomic mass is 10.1. The van der Waals surface area contributed by atoms with E-state index in [1.807, 2.05) is 0 Å². The summed E-state index contributed by atoms with van der Waals surface area (Å²) in [5.74, 6) is -0.0854. The van der Waals surface area contributed by atoms with Gasteiger partial charge in [-0.3, -0.25) is 19.2 Å². The summed E-state index contributed by atoms with van der Waals surface area (Å²) >= 11 is 0. The van der Waals surface area contributed by atoms with Crippen molar-refractivity contribution in [3.63, 3.8) is 0 Å². The number of anilines is 1. The number of Topliss-reactive ketones (excluding diaryl/α,β-unsaturated/α-hetero) is 1. The van der Waals surface area contributed by atoms with Gasteiger partial charge in [-0.05, 0) is 43.2 Å². The number of non-ortho nitro benzene ring substituents is 1. The van der Waals surface area contributed by atoms with Crippen molar-refractivity contribution in [1.29, 1.82) is 0 Å². The minimum absolute atomic E-state index is 0.0854. The van der Waals surface area contributed by atoms with Gasteiger partial charge in [0, 0.05) is 24.2 Å². The van der Waals surface area contributed by atoms with Gasteiger partial charge in [-0.15, -0.1) is 0 Å². The molecule has 3 rings (SSSR count). The molecule has 24 heavy (non-hydrogen) atoms.